The lowest BCUT2D eigenvalue weighted by molar-refractivity contribution is -0.143. The van der Waals surface area contributed by atoms with Crippen molar-refractivity contribution in [1.82, 2.24) is 14.8 Å². The van der Waals surface area contributed by atoms with Crippen molar-refractivity contribution in [2.45, 2.75) is 38.7 Å². The molecule has 1 saturated heterocycles. The first kappa shape index (κ1) is 35.8. The van der Waals surface area contributed by atoms with E-state index in [9.17, 15) is 35.9 Å². The first-order valence-corrected chi connectivity index (χ1v) is 12.8. The molecule has 0 aliphatic carbocycles. The topological polar surface area (TPSA) is 65.5 Å². The number of carbonyl (C=O) groups is 2. The van der Waals surface area contributed by atoms with Crippen molar-refractivity contribution >= 4 is 42.3 Å². The van der Waals surface area contributed by atoms with Gasteiger partial charge in [-0.25, -0.2) is 0 Å². The molecule has 0 bridgehead atoms. The van der Waals surface area contributed by atoms with Gasteiger partial charge in [0.2, 0.25) is 5.91 Å². The minimum atomic E-state index is -5.07. The summed E-state index contributed by atoms with van der Waals surface area (Å²) in [5.41, 5.74) is -0.404. The molecule has 43 heavy (non-hydrogen) atoms. The first-order chi connectivity index (χ1) is 19.2. The number of nitrogens with one attached hydrogen (secondary N) is 1. The molecule has 1 N–H and O–H groups in total. The third-order valence-corrected chi connectivity index (χ3v) is 7.02. The number of carbonyl (C=O) groups excluding carboxylic acids is 2. The maximum absolute atomic E-state index is 13.5. The summed E-state index contributed by atoms with van der Waals surface area (Å²) in [7, 11) is 0. The maximum Gasteiger partial charge on any atom is 0.416 e. The molecule has 2 amide bonds. The van der Waals surface area contributed by atoms with Gasteiger partial charge in [-0.05, 0) is 67.3 Å². The van der Waals surface area contributed by atoms with Crippen molar-refractivity contribution in [2.75, 3.05) is 31.5 Å². The van der Waals surface area contributed by atoms with Crippen LogP contribution >= 0.6 is 24.8 Å². The Morgan fingerprint density at radius 2 is 1.56 bits per heavy atom. The van der Waals surface area contributed by atoms with Gasteiger partial charge in [-0.1, -0.05) is 18.2 Å². The van der Waals surface area contributed by atoms with Crippen LogP contribution in [0.2, 0.25) is 0 Å². The van der Waals surface area contributed by atoms with Crippen molar-refractivity contribution in [3.63, 3.8) is 0 Å². The normalized spacial score (nSPS) is 15.7. The number of nitrogens with zero attached hydrogens (tertiary/aromatic N) is 3. The second kappa shape index (κ2) is 14.4. The molecule has 2 aromatic carbocycles. The van der Waals surface area contributed by atoms with Crippen molar-refractivity contribution in [1.29, 1.82) is 0 Å². The predicted octanol–water partition coefficient (Wildman–Crippen LogP) is 6.59. The third-order valence-electron chi connectivity index (χ3n) is 7.02. The minimum absolute atomic E-state index is 0. The van der Waals surface area contributed by atoms with Crippen LogP contribution in [0.25, 0.3) is 0 Å². The SMILES string of the molecule is Cc1ccc(C[C@@H]2CN(CC(=O)Nc3cccnc3)CCN2C(=O)c2cc(C(F)(F)F)cc(C(F)(F)F)c2)cc1C.Cl.Cl. The summed E-state index contributed by atoms with van der Waals surface area (Å²) in [6.45, 7) is 4.21. The Morgan fingerprint density at radius 1 is 0.907 bits per heavy atom. The van der Waals surface area contributed by atoms with Crippen molar-refractivity contribution < 1.29 is 35.9 Å². The number of rotatable bonds is 6. The van der Waals surface area contributed by atoms with Gasteiger partial charge in [-0.2, -0.15) is 26.3 Å². The van der Waals surface area contributed by atoms with E-state index >= 15 is 0 Å². The number of anilines is 1. The zero-order valence-corrected chi connectivity index (χ0v) is 24.8. The number of hydrogen-bond acceptors (Lipinski definition) is 4. The number of aryl methyl sites for hydroxylation is 2. The third kappa shape index (κ3) is 9.32. The Morgan fingerprint density at radius 3 is 2.12 bits per heavy atom. The molecule has 0 radical (unpaired) electrons. The summed E-state index contributed by atoms with van der Waals surface area (Å²) in [6.07, 6.45) is -6.81. The number of aromatic nitrogens is 1. The molecule has 0 spiro atoms. The highest BCUT2D eigenvalue weighted by molar-refractivity contribution is 5.95. The van der Waals surface area contributed by atoms with Gasteiger partial charge in [-0.15, -0.1) is 24.8 Å². The van der Waals surface area contributed by atoms with E-state index in [1.807, 2.05) is 32.0 Å². The molecule has 1 aliphatic heterocycles. The van der Waals surface area contributed by atoms with E-state index < -0.39 is 41.0 Å². The number of pyridine rings is 1. The molecule has 2 heterocycles. The second-order valence-corrected chi connectivity index (χ2v) is 10.1. The van der Waals surface area contributed by atoms with Crippen molar-refractivity contribution in [2.24, 2.45) is 0 Å². The average molecular weight is 651 g/mol. The number of amides is 2. The van der Waals surface area contributed by atoms with Crippen LogP contribution < -0.4 is 5.32 Å². The lowest BCUT2D eigenvalue weighted by Crippen LogP contribution is -2.57. The van der Waals surface area contributed by atoms with Crippen LogP contribution in [0.1, 0.15) is 38.2 Å². The van der Waals surface area contributed by atoms with Crippen LogP contribution in [-0.4, -0.2) is 58.8 Å². The standard InChI is InChI=1S/C29H28F6N4O2.2ClH/c1-18-5-6-20(10-19(18)2)11-25-16-38(17-26(40)37-24-4-3-7-36-15-24)8-9-39(25)27(41)21-12-22(28(30,31)32)14-23(13-21)29(33,34)35;;/h3-7,10,12-15,25H,8-9,11,16-17H2,1-2H3,(H,37,40);2*1H/t25-;;/m1../s1. The molecule has 1 atom stereocenters. The molecule has 1 aromatic heterocycles. The summed E-state index contributed by atoms with van der Waals surface area (Å²) in [5, 5.41) is 2.73. The Kier molecular flexibility index (Phi) is 12.0. The Balaban J connectivity index is 0.00000323. The summed E-state index contributed by atoms with van der Waals surface area (Å²) in [6, 6.07) is 9.34. The van der Waals surface area contributed by atoms with Crippen molar-refractivity contribution in [3.05, 3.63) is 94.3 Å². The fraction of sp³-hybridized carbons (Fsp3) is 0.345. The highest BCUT2D eigenvalue weighted by atomic mass is 35.5. The average Bonchev–Trinajstić information content (AvgIpc) is 2.90. The number of benzene rings is 2. The molecule has 234 valence electrons. The molecule has 1 fully saturated rings. The van der Waals surface area contributed by atoms with Gasteiger partial charge in [0.1, 0.15) is 0 Å². The monoisotopic (exact) mass is 650 g/mol. The van der Waals surface area contributed by atoms with E-state index in [-0.39, 0.29) is 63.0 Å². The molecule has 0 saturated carbocycles. The lowest BCUT2D eigenvalue weighted by atomic mass is 9.97. The van der Waals surface area contributed by atoms with E-state index in [0.29, 0.717) is 24.2 Å². The molecule has 1 aliphatic rings. The van der Waals surface area contributed by atoms with Gasteiger partial charge in [0.15, 0.2) is 0 Å². The predicted molar refractivity (Wildman–Crippen MR) is 155 cm³/mol. The Bertz CT molecular complexity index is 1390. The maximum atomic E-state index is 13.5. The van der Waals surface area contributed by atoms with Crippen molar-refractivity contribution in [3.8, 4) is 0 Å². The number of piperazine rings is 1. The van der Waals surface area contributed by atoms with Gasteiger partial charge >= 0.3 is 12.4 Å². The molecule has 0 unspecified atom stereocenters. The number of halogens is 8. The number of hydrogen-bond donors (Lipinski definition) is 1. The van der Waals surface area contributed by atoms with Crippen LogP contribution in [0, 0.1) is 13.8 Å². The first-order valence-electron chi connectivity index (χ1n) is 12.8. The summed E-state index contributed by atoms with van der Waals surface area (Å²) in [4.78, 5) is 33.2. The van der Waals surface area contributed by atoms with Crippen LogP contribution in [0.5, 0.6) is 0 Å². The van der Waals surface area contributed by atoms with E-state index in [2.05, 4.69) is 10.3 Å². The van der Waals surface area contributed by atoms with Crippen LogP contribution in [-0.2, 0) is 23.6 Å². The highest BCUT2D eigenvalue weighted by Crippen LogP contribution is 2.37. The second-order valence-electron chi connectivity index (χ2n) is 10.1. The quantitative estimate of drug-likeness (QED) is 0.306. The lowest BCUT2D eigenvalue weighted by Gasteiger charge is -2.41. The van der Waals surface area contributed by atoms with E-state index in [1.165, 1.54) is 11.1 Å². The van der Waals surface area contributed by atoms with E-state index in [4.69, 9.17) is 0 Å². The molecule has 3 aromatic rings. The fourth-order valence-electron chi connectivity index (χ4n) is 4.79. The fourth-order valence-corrected chi connectivity index (χ4v) is 4.79. The van der Waals surface area contributed by atoms with E-state index in [0.717, 1.165) is 16.7 Å². The number of alkyl halides is 6. The Hall–Kier alpha value is -3.35. The molecule has 4 rings (SSSR count). The highest BCUT2D eigenvalue weighted by Gasteiger charge is 2.39. The molecular weight excluding hydrogens is 621 g/mol. The molecular formula is C29H30Cl2F6N4O2. The summed E-state index contributed by atoms with van der Waals surface area (Å²) >= 11 is 0. The van der Waals surface area contributed by atoms with Crippen LogP contribution in [0.3, 0.4) is 0 Å². The Labute approximate surface area is 257 Å². The van der Waals surface area contributed by atoms with Gasteiger partial charge in [0.05, 0.1) is 29.6 Å². The van der Waals surface area contributed by atoms with E-state index in [1.54, 1.807) is 23.2 Å². The van der Waals surface area contributed by atoms with Gasteiger partial charge < -0.3 is 10.2 Å². The van der Waals surface area contributed by atoms with Gasteiger partial charge in [0.25, 0.3) is 5.91 Å². The van der Waals surface area contributed by atoms with Gasteiger partial charge in [-0.3, -0.25) is 19.5 Å². The minimum Gasteiger partial charge on any atom is -0.333 e. The van der Waals surface area contributed by atoms with Crippen LogP contribution in [0.4, 0.5) is 32.0 Å². The zero-order valence-electron chi connectivity index (χ0n) is 23.1. The van der Waals surface area contributed by atoms with Crippen LogP contribution in [0.15, 0.2) is 60.9 Å². The van der Waals surface area contributed by atoms with Gasteiger partial charge in [0, 0.05) is 37.4 Å². The smallest absolute Gasteiger partial charge is 0.333 e. The molecule has 6 nitrogen and oxygen atoms in total. The summed E-state index contributed by atoms with van der Waals surface area (Å²) < 4.78 is 80.8. The zero-order chi connectivity index (χ0) is 29.9. The largest absolute Gasteiger partial charge is 0.416 e. The summed E-state index contributed by atoms with van der Waals surface area (Å²) in [5.74, 6) is -1.26. The molecule has 14 heteroatoms.